The Hall–Kier alpha value is -1.65. The molecule has 0 fully saturated rings. The molecule has 1 aliphatic rings. The highest BCUT2D eigenvalue weighted by Crippen LogP contribution is 2.19. The van der Waals surface area contributed by atoms with Gasteiger partial charge in [0.25, 0.3) is 0 Å². The largest absolute Gasteiger partial charge is 0.491 e. The Balaban J connectivity index is 1.61. The Morgan fingerprint density at radius 1 is 1.29 bits per heavy atom. The van der Waals surface area contributed by atoms with Gasteiger partial charge in [-0.25, -0.2) is 0 Å². The van der Waals surface area contributed by atoms with Gasteiger partial charge in [0.1, 0.15) is 18.5 Å². The second-order valence-electron chi connectivity index (χ2n) is 6.33. The highest BCUT2D eigenvalue weighted by Gasteiger charge is 2.07. The van der Waals surface area contributed by atoms with Crippen LogP contribution in [0.1, 0.15) is 55.8 Å². The van der Waals surface area contributed by atoms with Gasteiger partial charge in [0.2, 0.25) is 0 Å². The van der Waals surface area contributed by atoms with E-state index in [9.17, 15) is 9.90 Å². The zero-order valence-corrected chi connectivity index (χ0v) is 14.6. The van der Waals surface area contributed by atoms with E-state index in [-0.39, 0.29) is 12.4 Å². The molecular weight excluding hydrogens is 302 g/mol. The van der Waals surface area contributed by atoms with E-state index in [0.29, 0.717) is 24.3 Å². The van der Waals surface area contributed by atoms with Gasteiger partial charge < -0.3 is 15.2 Å². The Labute approximate surface area is 144 Å². The molecule has 1 aromatic carbocycles. The van der Waals surface area contributed by atoms with Crippen LogP contribution in [0.25, 0.3) is 0 Å². The fourth-order valence-electron chi connectivity index (χ4n) is 2.84. The van der Waals surface area contributed by atoms with E-state index in [4.69, 9.17) is 4.74 Å². The van der Waals surface area contributed by atoms with Gasteiger partial charge in [-0.05, 0) is 62.9 Å². The molecule has 132 valence electrons. The predicted molar refractivity (Wildman–Crippen MR) is 96.6 cm³/mol. The minimum absolute atomic E-state index is 0.124. The van der Waals surface area contributed by atoms with Crippen molar-refractivity contribution in [2.24, 2.45) is 0 Å². The number of aliphatic hydroxyl groups is 1. The molecule has 4 nitrogen and oxygen atoms in total. The Bertz CT molecular complexity index is 536. The van der Waals surface area contributed by atoms with Crippen molar-refractivity contribution in [2.45, 2.75) is 51.6 Å². The van der Waals surface area contributed by atoms with E-state index in [1.54, 1.807) is 29.8 Å². The molecule has 0 unspecified atom stereocenters. The van der Waals surface area contributed by atoms with E-state index in [1.807, 2.05) is 6.92 Å². The number of rotatable bonds is 10. The Kier molecular flexibility index (Phi) is 7.99. The number of Topliss-reactive ketones (excluding diaryl/α,β-unsaturated/α-hetero) is 1. The quantitative estimate of drug-likeness (QED) is 0.391. The molecule has 0 aliphatic heterocycles. The number of carbonyl (C=O) groups excluding carboxylic acids is 1. The number of ether oxygens (including phenoxy) is 1. The maximum absolute atomic E-state index is 11.6. The van der Waals surface area contributed by atoms with Crippen LogP contribution in [0.5, 0.6) is 5.75 Å². The molecule has 0 saturated heterocycles. The number of carbonyl (C=O) groups is 1. The number of hydrogen-bond acceptors (Lipinski definition) is 4. The summed E-state index contributed by atoms with van der Waals surface area (Å²) >= 11 is 0. The highest BCUT2D eigenvalue weighted by atomic mass is 16.5. The zero-order valence-electron chi connectivity index (χ0n) is 14.6. The van der Waals surface area contributed by atoms with Crippen molar-refractivity contribution in [2.75, 3.05) is 19.7 Å². The summed E-state index contributed by atoms with van der Waals surface area (Å²) in [4.78, 5) is 11.6. The lowest BCUT2D eigenvalue weighted by atomic mass is 9.97. The predicted octanol–water partition coefficient (Wildman–Crippen LogP) is 3.50. The van der Waals surface area contributed by atoms with Gasteiger partial charge in [-0.3, -0.25) is 4.79 Å². The molecule has 4 heteroatoms. The highest BCUT2D eigenvalue weighted by molar-refractivity contribution is 5.95. The van der Waals surface area contributed by atoms with Crippen molar-refractivity contribution in [3.8, 4) is 5.75 Å². The summed E-state index contributed by atoms with van der Waals surface area (Å²) < 4.78 is 5.57. The van der Waals surface area contributed by atoms with Gasteiger partial charge in [-0.1, -0.05) is 18.6 Å². The maximum Gasteiger partial charge on any atom is 0.162 e. The van der Waals surface area contributed by atoms with E-state index in [0.717, 1.165) is 13.0 Å². The summed E-state index contributed by atoms with van der Waals surface area (Å²) in [6.45, 7) is 3.52. The van der Waals surface area contributed by atoms with Crippen LogP contribution in [0, 0.1) is 0 Å². The summed E-state index contributed by atoms with van der Waals surface area (Å²) in [5.74, 6) is 0.799. The van der Waals surface area contributed by atoms with Crippen molar-refractivity contribution in [1.29, 1.82) is 0 Å². The van der Waals surface area contributed by atoms with Crippen molar-refractivity contribution >= 4 is 5.78 Å². The Morgan fingerprint density at radius 2 is 2.08 bits per heavy atom. The van der Waals surface area contributed by atoms with Gasteiger partial charge in [0.15, 0.2) is 5.78 Å². The fourth-order valence-corrected chi connectivity index (χ4v) is 2.84. The molecule has 1 atom stereocenters. The van der Waals surface area contributed by atoms with E-state index in [1.165, 1.54) is 25.7 Å². The van der Waals surface area contributed by atoms with Crippen LogP contribution in [0.3, 0.4) is 0 Å². The third-order valence-corrected chi connectivity index (χ3v) is 4.33. The first-order valence-electron chi connectivity index (χ1n) is 9.01. The van der Waals surface area contributed by atoms with Gasteiger partial charge in [-0.15, -0.1) is 0 Å². The normalized spacial score (nSPS) is 15.7. The molecule has 0 bridgehead atoms. The molecule has 1 aliphatic carbocycles. The number of allylic oxidation sites excluding steroid dienone is 1. The topological polar surface area (TPSA) is 58.6 Å². The van der Waals surface area contributed by atoms with E-state index in [2.05, 4.69) is 11.4 Å². The summed E-state index contributed by atoms with van der Waals surface area (Å²) in [5, 5.41) is 13.3. The number of benzene rings is 1. The zero-order chi connectivity index (χ0) is 17.2. The van der Waals surface area contributed by atoms with Gasteiger partial charge in [0, 0.05) is 18.5 Å². The average Bonchev–Trinajstić information content (AvgIpc) is 2.64. The van der Waals surface area contributed by atoms with Crippen LogP contribution in [0.4, 0.5) is 0 Å². The van der Waals surface area contributed by atoms with E-state index >= 15 is 0 Å². The lowest BCUT2D eigenvalue weighted by Gasteiger charge is -2.15. The lowest BCUT2D eigenvalue weighted by Crippen LogP contribution is -2.32. The van der Waals surface area contributed by atoms with Gasteiger partial charge in [-0.2, -0.15) is 0 Å². The second kappa shape index (κ2) is 10.3. The minimum atomic E-state index is -0.540. The molecule has 24 heavy (non-hydrogen) atoms. The fraction of sp³-hybridized carbons (Fsp3) is 0.550. The first-order valence-corrected chi connectivity index (χ1v) is 9.01. The van der Waals surface area contributed by atoms with Crippen molar-refractivity contribution < 1.29 is 14.6 Å². The molecule has 0 saturated carbocycles. The third-order valence-electron chi connectivity index (χ3n) is 4.33. The first-order chi connectivity index (χ1) is 11.7. The van der Waals surface area contributed by atoms with Crippen LogP contribution in [0.15, 0.2) is 35.9 Å². The smallest absolute Gasteiger partial charge is 0.162 e. The standard InChI is InChI=1S/C20H29NO3/c1-2-20(23)17-8-10-19(11-9-17)24-15-18(22)14-21-13-12-16-6-4-3-5-7-16/h6,8-11,18,21-22H,2-5,7,12-15H2,1H3/t18-/m1/s1. The minimum Gasteiger partial charge on any atom is -0.491 e. The van der Waals surface area contributed by atoms with Gasteiger partial charge in [0.05, 0.1) is 0 Å². The third kappa shape index (κ3) is 6.46. The van der Waals surface area contributed by atoms with Crippen molar-refractivity contribution in [3.63, 3.8) is 0 Å². The van der Waals surface area contributed by atoms with Crippen LogP contribution in [-0.2, 0) is 0 Å². The molecule has 2 N–H and O–H groups in total. The summed E-state index contributed by atoms with van der Waals surface area (Å²) in [6, 6.07) is 7.09. The molecule has 0 spiro atoms. The number of aliphatic hydroxyl groups excluding tert-OH is 1. The Morgan fingerprint density at radius 3 is 2.75 bits per heavy atom. The number of ketones is 1. The SMILES string of the molecule is CCC(=O)c1ccc(OC[C@H](O)CNCCC2=CCCCC2)cc1. The van der Waals surface area contributed by atoms with Crippen LogP contribution < -0.4 is 10.1 Å². The van der Waals surface area contributed by atoms with Crippen LogP contribution in [0.2, 0.25) is 0 Å². The van der Waals surface area contributed by atoms with E-state index < -0.39 is 6.10 Å². The lowest BCUT2D eigenvalue weighted by molar-refractivity contribution is 0.0986. The molecule has 0 heterocycles. The van der Waals surface area contributed by atoms with Crippen molar-refractivity contribution in [3.05, 3.63) is 41.5 Å². The molecule has 1 aromatic rings. The summed E-state index contributed by atoms with van der Waals surface area (Å²) in [7, 11) is 0. The molecule has 0 amide bonds. The van der Waals surface area contributed by atoms with Crippen LogP contribution in [-0.4, -0.2) is 36.7 Å². The summed E-state index contributed by atoms with van der Waals surface area (Å²) in [6.07, 6.45) is 8.46. The van der Waals surface area contributed by atoms with Crippen LogP contribution >= 0.6 is 0 Å². The molecule has 0 aromatic heterocycles. The molecule has 2 rings (SSSR count). The second-order valence-corrected chi connectivity index (χ2v) is 6.33. The molecule has 0 radical (unpaired) electrons. The number of nitrogens with one attached hydrogen (secondary N) is 1. The monoisotopic (exact) mass is 331 g/mol. The van der Waals surface area contributed by atoms with Gasteiger partial charge >= 0.3 is 0 Å². The number of hydrogen-bond donors (Lipinski definition) is 2. The maximum atomic E-state index is 11.6. The first kappa shape index (κ1) is 18.7. The van der Waals surface area contributed by atoms with Crippen molar-refractivity contribution in [1.82, 2.24) is 5.32 Å². The molecular formula is C20H29NO3. The average molecular weight is 331 g/mol. The summed E-state index contributed by atoms with van der Waals surface area (Å²) in [5.41, 5.74) is 2.24.